The summed E-state index contributed by atoms with van der Waals surface area (Å²) >= 11 is 0. The first-order valence-corrected chi connectivity index (χ1v) is 7.33. The van der Waals surface area contributed by atoms with Crippen LogP contribution < -0.4 is 10.7 Å². The lowest BCUT2D eigenvalue weighted by atomic mass is 10.2. The van der Waals surface area contributed by atoms with Crippen molar-refractivity contribution < 1.29 is 4.79 Å². The van der Waals surface area contributed by atoms with Gasteiger partial charge in [-0.1, -0.05) is 12.1 Å². The molecule has 3 rings (SSSR count). The van der Waals surface area contributed by atoms with Crippen molar-refractivity contribution >= 4 is 16.8 Å². The van der Waals surface area contributed by atoms with Crippen LogP contribution in [0.2, 0.25) is 0 Å². The van der Waals surface area contributed by atoms with Gasteiger partial charge in [0, 0.05) is 24.9 Å². The zero-order valence-electron chi connectivity index (χ0n) is 12.6. The van der Waals surface area contributed by atoms with Gasteiger partial charge in [0.15, 0.2) is 5.69 Å². The largest absolute Gasteiger partial charge is 0.350 e. The summed E-state index contributed by atoms with van der Waals surface area (Å²) in [5, 5.41) is 17.6. The molecule has 0 atom stereocenters. The van der Waals surface area contributed by atoms with E-state index in [1.165, 1.54) is 0 Å². The Kier molecular flexibility index (Phi) is 4.13. The van der Waals surface area contributed by atoms with E-state index in [1.54, 1.807) is 30.6 Å². The predicted molar refractivity (Wildman–Crippen MR) is 84.1 cm³/mol. The standard InChI is InChI=1S/C15H16N6O2/c1-2-21-9-17-19-12(21)7-8-16-15(23)13-14(22)10-5-3-4-6-11(10)18-20-13/h3-6,9H,2,7-8H2,1H3,(H,16,23)(H,18,22). The van der Waals surface area contributed by atoms with E-state index in [2.05, 4.69) is 25.7 Å². The molecule has 0 radical (unpaired) electrons. The number of carbonyl (C=O) groups is 1. The Morgan fingerprint density at radius 2 is 2.17 bits per heavy atom. The van der Waals surface area contributed by atoms with Crippen LogP contribution >= 0.6 is 0 Å². The summed E-state index contributed by atoms with van der Waals surface area (Å²) in [5.74, 6) is 0.285. The molecule has 0 saturated carbocycles. The molecular formula is C15H16N6O2. The molecule has 0 fully saturated rings. The number of aromatic nitrogens is 5. The Labute approximate surface area is 131 Å². The Balaban J connectivity index is 1.71. The molecule has 0 aliphatic rings. The highest BCUT2D eigenvalue weighted by molar-refractivity contribution is 5.95. The summed E-state index contributed by atoms with van der Waals surface area (Å²) < 4.78 is 1.90. The number of hydrogen-bond acceptors (Lipinski definition) is 5. The van der Waals surface area contributed by atoms with Gasteiger partial charge >= 0.3 is 0 Å². The molecule has 0 saturated heterocycles. The van der Waals surface area contributed by atoms with E-state index in [1.807, 2.05) is 11.5 Å². The zero-order valence-corrected chi connectivity index (χ0v) is 12.6. The summed E-state index contributed by atoms with van der Waals surface area (Å²) in [7, 11) is 0. The molecule has 2 aromatic heterocycles. The van der Waals surface area contributed by atoms with Gasteiger partial charge < -0.3 is 9.88 Å². The van der Waals surface area contributed by atoms with Crippen LogP contribution in [0, 0.1) is 0 Å². The number of nitrogens with zero attached hydrogens (tertiary/aromatic N) is 4. The highest BCUT2D eigenvalue weighted by atomic mass is 16.2. The molecule has 8 nitrogen and oxygen atoms in total. The minimum atomic E-state index is -0.500. The quantitative estimate of drug-likeness (QED) is 0.714. The maximum atomic E-state index is 12.3. The van der Waals surface area contributed by atoms with Gasteiger partial charge in [0.1, 0.15) is 12.2 Å². The molecule has 118 valence electrons. The van der Waals surface area contributed by atoms with Crippen molar-refractivity contribution in [3.63, 3.8) is 0 Å². The number of H-pyrrole nitrogens is 1. The van der Waals surface area contributed by atoms with E-state index in [4.69, 9.17) is 0 Å². The summed E-state index contributed by atoms with van der Waals surface area (Å²) in [6, 6.07) is 6.94. The highest BCUT2D eigenvalue weighted by Gasteiger charge is 2.14. The summed E-state index contributed by atoms with van der Waals surface area (Å²) in [5.41, 5.74) is 0.0827. The first kappa shape index (κ1) is 14.9. The van der Waals surface area contributed by atoms with Gasteiger partial charge in [-0.15, -0.1) is 10.2 Å². The Bertz CT molecular complexity index is 898. The summed E-state index contributed by atoms with van der Waals surface area (Å²) in [6.07, 6.45) is 2.18. The molecule has 8 heteroatoms. The summed E-state index contributed by atoms with van der Waals surface area (Å²) in [4.78, 5) is 24.4. The molecule has 0 aliphatic heterocycles. The van der Waals surface area contributed by atoms with Gasteiger partial charge in [-0.05, 0) is 19.1 Å². The van der Waals surface area contributed by atoms with Crippen molar-refractivity contribution in [1.82, 2.24) is 30.3 Å². The van der Waals surface area contributed by atoms with Crippen molar-refractivity contribution in [2.24, 2.45) is 0 Å². The number of benzene rings is 1. The van der Waals surface area contributed by atoms with Gasteiger partial charge in [-0.2, -0.15) is 5.10 Å². The van der Waals surface area contributed by atoms with Gasteiger partial charge in [-0.3, -0.25) is 14.7 Å². The molecule has 1 amide bonds. The number of fused-ring (bicyclic) bond motifs is 1. The van der Waals surface area contributed by atoms with Crippen molar-refractivity contribution in [1.29, 1.82) is 0 Å². The SMILES string of the molecule is CCn1cnnc1CCNC(=O)c1n[nH]c2ccccc2c1=O. The summed E-state index contributed by atoms with van der Waals surface area (Å²) in [6.45, 7) is 3.11. The van der Waals surface area contributed by atoms with Crippen LogP contribution in [0.5, 0.6) is 0 Å². The van der Waals surface area contributed by atoms with Crippen LogP contribution in [-0.4, -0.2) is 37.4 Å². The fraction of sp³-hybridized carbons (Fsp3) is 0.267. The molecule has 0 spiro atoms. The van der Waals surface area contributed by atoms with Crippen LogP contribution in [-0.2, 0) is 13.0 Å². The first-order chi connectivity index (χ1) is 11.2. The van der Waals surface area contributed by atoms with E-state index < -0.39 is 5.91 Å². The number of aryl methyl sites for hydroxylation is 1. The minimum absolute atomic E-state index is 0.138. The fourth-order valence-electron chi connectivity index (χ4n) is 2.34. The Morgan fingerprint density at radius 1 is 1.35 bits per heavy atom. The average Bonchev–Trinajstić information content (AvgIpc) is 3.03. The van der Waals surface area contributed by atoms with Crippen LogP contribution in [0.3, 0.4) is 0 Å². The fourth-order valence-corrected chi connectivity index (χ4v) is 2.34. The second kappa shape index (κ2) is 6.39. The number of rotatable bonds is 5. The van der Waals surface area contributed by atoms with Gasteiger partial charge in [0.25, 0.3) is 5.91 Å². The molecule has 0 bridgehead atoms. The van der Waals surface area contributed by atoms with Crippen molar-refractivity contribution in [3.05, 3.63) is 52.3 Å². The number of nitrogens with one attached hydrogen (secondary N) is 2. The van der Waals surface area contributed by atoms with Crippen LogP contribution in [0.1, 0.15) is 23.2 Å². The van der Waals surface area contributed by atoms with Gasteiger partial charge in [-0.25, -0.2) is 0 Å². The second-order valence-electron chi connectivity index (χ2n) is 4.99. The minimum Gasteiger partial charge on any atom is -0.350 e. The molecule has 23 heavy (non-hydrogen) atoms. The van der Waals surface area contributed by atoms with E-state index in [0.717, 1.165) is 12.4 Å². The lowest BCUT2D eigenvalue weighted by molar-refractivity contribution is 0.0947. The third-order valence-corrected chi connectivity index (χ3v) is 3.56. The zero-order chi connectivity index (χ0) is 16.2. The third kappa shape index (κ3) is 2.96. The lowest BCUT2D eigenvalue weighted by Gasteiger charge is -2.05. The average molecular weight is 312 g/mol. The third-order valence-electron chi connectivity index (χ3n) is 3.56. The molecule has 1 aromatic carbocycles. The molecule has 2 N–H and O–H groups in total. The van der Waals surface area contributed by atoms with E-state index >= 15 is 0 Å². The van der Waals surface area contributed by atoms with Crippen LogP contribution in [0.4, 0.5) is 0 Å². The number of para-hydroxylation sites is 1. The topological polar surface area (TPSA) is 106 Å². The van der Waals surface area contributed by atoms with Crippen molar-refractivity contribution in [3.8, 4) is 0 Å². The van der Waals surface area contributed by atoms with E-state index in [-0.39, 0.29) is 11.1 Å². The van der Waals surface area contributed by atoms with E-state index in [9.17, 15) is 9.59 Å². The van der Waals surface area contributed by atoms with Crippen molar-refractivity contribution in [2.75, 3.05) is 6.54 Å². The number of amides is 1. The monoisotopic (exact) mass is 312 g/mol. The van der Waals surface area contributed by atoms with Crippen LogP contribution in [0.25, 0.3) is 10.9 Å². The molecule has 0 unspecified atom stereocenters. The maximum Gasteiger partial charge on any atom is 0.275 e. The normalized spacial score (nSPS) is 10.8. The second-order valence-corrected chi connectivity index (χ2v) is 4.99. The lowest BCUT2D eigenvalue weighted by Crippen LogP contribution is -2.32. The van der Waals surface area contributed by atoms with Gasteiger partial charge in [0.2, 0.25) is 5.43 Å². The van der Waals surface area contributed by atoms with E-state index in [0.29, 0.717) is 23.9 Å². The number of hydrogen-bond donors (Lipinski definition) is 2. The maximum absolute atomic E-state index is 12.3. The first-order valence-electron chi connectivity index (χ1n) is 7.33. The highest BCUT2D eigenvalue weighted by Crippen LogP contribution is 2.05. The Morgan fingerprint density at radius 3 is 3.00 bits per heavy atom. The smallest absolute Gasteiger partial charge is 0.275 e. The molecule has 2 heterocycles. The number of aromatic amines is 1. The molecule has 0 aliphatic carbocycles. The van der Waals surface area contributed by atoms with Crippen LogP contribution in [0.15, 0.2) is 35.4 Å². The molecule has 3 aromatic rings. The predicted octanol–water partition coefficient (Wildman–Crippen LogP) is 0.507. The Hall–Kier alpha value is -3.03. The van der Waals surface area contributed by atoms with Gasteiger partial charge in [0.05, 0.1) is 5.52 Å². The molecular weight excluding hydrogens is 296 g/mol. The number of carbonyl (C=O) groups excluding carboxylic acids is 1. The van der Waals surface area contributed by atoms with Crippen molar-refractivity contribution in [2.45, 2.75) is 19.9 Å².